The lowest BCUT2D eigenvalue weighted by Crippen LogP contribution is -2.46. The normalized spacial score (nSPS) is 13.4. The minimum Gasteiger partial charge on any atom is -0.313 e. The van der Waals surface area contributed by atoms with Crippen molar-refractivity contribution in [2.45, 2.75) is 38.6 Å². The Morgan fingerprint density at radius 2 is 1.95 bits per heavy atom. The third-order valence-corrected chi connectivity index (χ3v) is 5.59. The quantitative estimate of drug-likeness (QED) is 0.771. The third-order valence-electron chi connectivity index (χ3n) is 3.87. The van der Waals surface area contributed by atoms with Gasteiger partial charge in [-0.05, 0) is 40.5 Å². The molecule has 0 saturated carbocycles. The zero-order chi connectivity index (χ0) is 14.6. The van der Waals surface area contributed by atoms with E-state index < -0.39 is 0 Å². The summed E-state index contributed by atoms with van der Waals surface area (Å²) in [6, 6.07) is 13.5. The molecular formula is C17H22BrNS. The summed E-state index contributed by atoms with van der Waals surface area (Å²) in [6.45, 7) is 7.84. The topological polar surface area (TPSA) is 12.0 Å². The second-order valence-corrected chi connectivity index (χ2v) is 7.54. The molecule has 1 nitrogen and oxygen atoms in total. The smallest absolute Gasteiger partial charge is 0.0285 e. The number of hydrogen-bond acceptors (Lipinski definition) is 2. The molecule has 1 aromatic heterocycles. The van der Waals surface area contributed by atoms with E-state index in [1.807, 2.05) is 11.3 Å². The number of rotatable bonds is 6. The number of hydrogen-bond donors (Lipinski definition) is 1. The van der Waals surface area contributed by atoms with Crippen LogP contribution >= 0.6 is 27.3 Å². The van der Waals surface area contributed by atoms with E-state index in [0.29, 0.717) is 6.04 Å². The van der Waals surface area contributed by atoms with Gasteiger partial charge in [0.05, 0.1) is 0 Å². The summed E-state index contributed by atoms with van der Waals surface area (Å²) < 4.78 is 1.19. The highest BCUT2D eigenvalue weighted by Crippen LogP contribution is 2.31. The molecular weight excluding hydrogens is 330 g/mol. The first kappa shape index (κ1) is 15.7. The molecule has 0 fully saturated rings. The minimum absolute atomic E-state index is 0.105. The zero-order valence-corrected chi connectivity index (χ0v) is 14.7. The van der Waals surface area contributed by atoms with Gasteiger partial charge in [-0.15, -0.1) is 11.3 Å². The SMILES string of the molecule is CCNC(Cc1cc(Br)cs1)C(C)(C)c1ccccc1. The van der Waals surface area contributed by atoms with Crippen LogP contribution in [0.5, 0.6) is 0 Å². The van der Waals surface area contributed by atoms with Crippen molar-refractivity contribution in [3.05, 3.63) is 56.7 Å². The highest BCUT2D eigenvalue weighted by molar-refractivity contribution is 9.10. The van der Waals surface area contributed by atoms with Gasteiger partial charge >= 0.3 is 0 Å². The van der Waals surface area contributed by atoms with Crippen LogP contribution in [-0.2, 0) is 11.8 Å². The fourth-order valence-electron chi connectivity index (χ4n) is 2.56. The Morgan fingerprint density at radius 1 is 1.25 bits per heavy atom. The van der Waals surface area contributed by atoms with E-state index in [2.05, 4.69) is 83.8 Å². The Morgan fingerprint density at radius 3 is 2.50 bits per heavy atom. The van der Waals surface area contributed by atoms with Crippen LogP contribution in [0.1, 0.15) is 31.2 Å². The van der Waals surface area contributed by atoms with E-state index in [9.17, 15) is 0 Å². The van der Waals surface area contributed by atoms with Gasteiger partial charge in [-0.1, -0.05) is 51.1 Å². The molecule has 0 saturated heterocycles. The molecule has 108 valence electrons. The van der Waals surface area contributed by atoms with Crippen LogP contribution in [0.15, 0.2) is 46.3 Å². The highest BCUT2D eigenvalue weighted by Gasteiger charge is 2.30. The van der Waals surface area contributed by atoms with E-state index in [-0.39, 0.29) is 5.41 Å². The Balaban J connectivity index is 2.23. The lowest BCUT2D eigenvalue weighted by molar-refractivity contribution is 0.344. The number of nitrogens with one attached hydrogen (secondary N) is 1. The number of thiophene rings is 1. The predicted molar refractivity (Wildman–Crippen MR) is 92.7 cm³/mol. The molecule has 0 aliphatic carbocycles. The van der Waals surface area contributed by atoms with Crippen molar-refractivity contribution in [1.82, 2.24) is 5.32 Å². The van der Waals surface area contributed by atoms with Gasteiger partial charge < -0.3 is 5.32 Å². The maximum absolute atomic E-state index is 3.67. The largest absolute Gasteiger partial charge is 0.313 e. The maximum atomic E-state index is 3.67. The molecule has 0 spiro atoms. The molecule has 1 N–H and O–H groups in total. The number of benzene rings is 1. The van der Waals surface area contributed by atoms with Crippen molar-refractivity contribution >= 4 is 27.3 Å². The zero-order valence-electron chi connectivity index (χ0n) is 12.3. The van der Waals surface area contributed by atoms with Crippen molar-refractivity contribution in [3.8, 4) is 0 Å². The second kappa shape index (κ2) is 6.88. The lowest BCUT2D eigenvalue weighted by atomic mass is 9.76. The minimum atomic E-state index is 0.105. The monoisotopic (exact) mass is 351 g/mol. The molecule has 2 rings (SSSR count). The Bertz CT molecular complexity index is 533. The van der Waals surface area contributed by atoms with Crippen LogP contribution in [0.3, 0.4) is 0 Å². The maximum Gasteiger partial charge on any atom is 0.0285 e. The van der Waals surface area contributed by atoms with Crippen molar-refractivity contribution in [1.29, 1.82) is 0 Å². The summed E-state index contributed by atoms with van der Waals surface area (Å²) in [5.74, 6) is 0. The Hall–Kier alpha value is -0.640. The van der Waals surface area contributed by atoms with Gasteiger partial charge in [-0.3, -0.25) is 0 Å². The molecule has 1 unspecified atom stereocenters. The van der Waals surface area contributed by atoms with Gasteiger partial charge in [0.15, 0.2) is 0 Å². The fourth-order valence-corrected chi connectivity index (χ4v) is 4.06. The molecule has 1 aromatic carbocycles. The Kier molecular flexibility index (Phi) is 5.42. The number of likely N-dealkylation sites (N-methyl/N-ethyl adjacent to an activating group) is 1. The standard InChI is InChI=1S/C17H22BrNS/c1-4-19-16(11-15-10-14(18)12-20-15)17(2,3)13-8-6-5-7-9-13/h5-10,12,16,19H,4,11H2,1-3H3. The highest BCUT2D eigenvalue weighted by atomic mass is 79.9. The molecule has 0 aliphatic rings. The third kappa shape index (κ3) is 3.72. The average molecular weight is 352 g/mol. The van der Waals surface area contributed by atoms with Gasteiger partial charge in [0, 0.05) is 26.2 Å². The van der Waals surface area contributed by atoms with Crippen LogP contribution < -0.4 is 5.32 Å². The second-order valence-electron chi connectivity index (χ2n) is 5.63. The lowest BCUT2D eigenvalue weighted by Gasteiger charge is -2.35. The van der Waals surface area contributed by atoms with E-state index in [4.69, 9.17) is 0 Å². The molecule has 0 aliphatic heterocycles. The fraction of sp³-hybridized carbons (Fsp3) is 0.412. The summed E-state index contributed by atoms with van der Waals surface area (Å²) in [4.78, 5) is 1.42. The summed E-state index contributed by atoms with van der Waals surface area (Å²) >= 11 is 5.37. The summed E-state index contributed by atoms with van der Waals surface area (Å²) in [5.41, 5.74) is 1.50. The van der Waals surface area contributed by atoms with E-state index in [1.54, 1.807) is 0 Å². The summed E-state index contributed by atoms with van der Waals surface area (Å²) in [7, 11) is 0. The molecule has 0 amide bonds. The number of halogens is 1. The molecule has 2 aromatic rings. The van der Waals surface area contributed by atoms with Crippen molar-refractivity contribution < 1.29 is 0 Å². The van der Waals surface area contributed by atoms with Gasteiger partial charge in [-0.2, -0.15) is 0 Å². The van der Waals surface area contributed by atoms with Crippen molar-refractivity contribution in [3.63, 3.8) is 0 Å². The first-order valence-corrected chi connectivity index (χ1v) is 8.73. The first-order chi connectivity index (χ1) is 9.54. The Labute approximate surface area is 134 Å². The van der Waals surface area contributed by atoms with Crippen LogP contribution in [-0.4, -0.2) is 12.6 Å². The van der Waals surface area contributed by atoms with Crippen LogP contribution in [0, 0.1) is 0 Å². The molecule has 3 heteroatoms. The first-order valence-electron chi connectivity index (χ1n) is 7.06. The molecule has 1 heterocycles. The summed E-state index contributed by atoms with van der Waals surface area (Å²) in [5, 5.41) is 5.83. The van der Waals surface area contributed by atoms with Crippen molar-refractivity contribution in [2.24, 2.45) is 0 Å². The average Bonchev–Trinajstić information content (AvgIpc) is 2.85. The van der Waals surface area contributed by atoms with Crippen LogP contribution in [0.25, 0.3) is 0 Å². The van der Waals surface area contributed by atoms with Gasteiger partial charge in [-0.25, -0.2) is 0 Å². The summed E-state index contributed by atoms with van der Waals surface area (Å²) in [6.07, 6.45) is 1.06. The van der Waals surface area contributed by atoms with Gasteiger partial charge in [0.25, 0.3) is 0 Å². The van der Waals surface area contributed by atoms with Gasteiger partial charge in [0.2, 0.25) is 0 Å². The van der Waals surface area contributed by atoms with Gasteiger partial charge in [0.1, 0.15) is 0 Å². The van der Waals surface area contributed by atoms with Crippen LogP contribution in [0.2, 0.25) is 0 Å². The molecule has 20 heavy (non-hydrogen) atoms. The predicted octanol–water partition coefficient (Wildman–Crippen LogP) is 5.01. The molecule has 0 bridgehead atoms. The van der Waals surface area contributed by atoms with E-state index in [0.717, 1.165) is 13.0 Å². The van der Waals surface area contributed by atoms with Crippen LogP contribution in [0.4, 0.5) is 0 Å². The molecule has 1 atom stereocenters. The van der Waals surface area contributed by atoms with E-state index >= 15 is 0 Å². The van der Waals surface area contributed by atoms with Crippen molar-refractivity contribution in [2.75, 3.05) is 6.54 Å². The van der Waals surface area contributed by atoms with E-state index in [1.165, 1.54) is 14.9 Å². The molecule has 0 radical (unpaired) electrons.